The van der Waals surface area contributed by atoms with E-state index in [9.17, 15) is 13.2 Å². The minimum atomic E-state index is -4.35. The zero-order valence-corrected chi connectivity index (χ0v) is 14.0. The van der Waals surface area contributed by atoms with E-state index in [-0.39, 0.29) is 0 Å². The van der Waals surface area contributed by atoms with Gasteiger partial charge in [-0.05, 0) is 29.8 Å². The number of methoxy groups -OCH3 is 1. The number of halogens is 3. The standard InChI is InChI=1S/C20H16F3NO2/c1-25-19-9-17(12-2-5-15(6-3-12)20(21,22)23)24-18-8-13(4-7-16(18)19)14-10-26-11-14/h2-9,14H,10-11H2,1H3. The summed E-state index contributed by atoms with van der Waals surface area (Å²) in [7, 11) is 1.57. The van der Waals surface area contributed by atoms with Gasteiger partial charge in [-0.15, -0.1) is 0 Å². The second-order valence-corrected chi connectivity index (χ2v) is 6.30. The molecule has 1 aromatic heterocycles. The average molecular weight is 359 g/mol. The van der Waals surface area contributed by atoms with Crippen LogP contribution in [0.15, 0.2) is 48.5 Å². The fourth-order valence-electron chi connectivity index (χ4n) is 3.04. The summed E-state index contributed by atoms with van der Waals surface area (Å²) < 4.78 is 49.0. The molecule has 1 fully saturated rings. The fourth-order valence-corrected chi connectivity index (χ4v) is 3.04. The lowest BCUT2D eigenvalue weighted by atomic mass is 9.96. The van der Waals surface area contributed by atoms with Crippen molar-refractivity contribution in [3.63, 3.8) is 0 Å². The highest BCUT2D eigenvalue weighted by Gasteiger charge is 2.30. The maximum atomic E-state index is 12.8. The SMILES string of the molecule is COc1cc(-c2ccc(C(F)(F)F)cc2)nc2cc(C3COC3)ccc12. The molecule has 3 nitrogen and oxygen atoms in total. The van der Waals surface area contributed by atoms with Gasteiger partial charge in [0.1, 0.15) is 5.75 Å². The molecule has 0 atom stereocenters. The third kappa shape index (κ3) is 3.01. The van der Waals surface area contributed by atoms with Crippen LogP contribution >= 0.6 is 0 Å². The zero-order valence-electron chi connectivity index (χ0n) is 14.0. The van der Waals surface area contributed by atoms with E-state index >= 15 is 0 Å². The highest BCUT2D eigenvalue weighted by molar-refractivity contribution is 5.88. The molecule has 2 aromatic carbocycles. The van der Waals surface area contributed by atoms with Crippen molar-refractivity contribution in [1.29, 1.82) is 0 Å². The first-order valence-corrected chi connectivity index (χ1v) is 8.20. The zero-order chi connectivity index (χ0) is 18.3. The van der Waals surface area contributed by atoms with E-state index in [1.165, 1.54) is 12.1 Å². The minimum absolute atomic E-state index is 0.363. The molecule has 26 heavy (non-hydrogen) atoms. The molecular formula is C20H16F3NO2. The second-order valence-electron chi connectivity index (χ2n) is 6.30. The maximum absolute atomic E-state index is 12.8. The third-order valence-corrected chi connectivity index (χ3v) is 4.63. The molecule has 0 amide bonds. The molecule has 2 heterocycles. The molecule has 1 aliphatic heterocycles. The van der Waals surface area contributed by atoms with Crippen LogP contribution < -0.4 is 4.74 Å². The van der Waals surface area contributed by atoms with E-state index in [1.54, 1.807) is 13.2 Å². The van der Waals surface area contributed by atoms with Gasteiger partial charge in [-0.2, -0.15) is 13.2 Å². The van der Waals surface area contributed by atoms with Crippen molar-refractivity contribution in [2.24, 2.45) is 0 Å². The monoisotopic (exact) mass is 359 g/mol. The molecule has 0 N–H and O–H groups in total. The van der Waals surface area contributed by atoms with Crippen LogP contribution in [0.4, 0.5) is 13.2 Å². The Kier molecular flexibility index (Phi) is 4.07. The van der Waals surface area contributed by atoms with E-state index in [2.05, 4.69) is 4.98 Å². The average Bonchev–Trinajstić information content (AvgIpc) is 2.58. The lowest BCUT2D eigenvalue weighted by Crippen LogP contribution is -2.24. The Labute approximate surface area is 148 Å². The van der Waals surface area contributed by atoms with Gasteiger partial charge in [-0.1, -0.05) is 18.2 Å². The Balaban J connectivity index is 1.79. The Hall–Kier alpha value is -2.60. The van der Waals surface area contributed by atoms with Gasteiger partial charge in [0, 0.05) is 22.9 Å². The summed E-state index contributed by atoms with van der Waals surface area (Å²) in [5.41, 5.74) is 2.40. The highest BCUT2D eigenvalue weighted by atomic mass is 19.4. The number of nitrogens with zero attached hydrogens (tertiary/aromatic N) is 1. The van der Waals surface area contributed by atoms with E-state index in [0.717, 1.165) is 28.6 Å². The normalized spacial score (nSPS) is 15.1. The summed E-state index contributed by atoms with van der Waals surface area (Å²) in [5, 5.41) is 0.868. The third-order valence-electron chi connectivity index (χ3n) is 4.63. The van der Waals surface area contributed by atoms with Crippen molar-refractivity contribution in [2.45, 2.75) is 12.1 Å². The van der Waals surface area contributed by atoms with Crippen LogP contribution in [-0.2, 0) is 10.9 Å². The van der Waals surface area contributed by atoms with Crippen molar-refractivity contribution in [1.82, 2.24) is 4.98 Å². The number of benzene rings is 2. The summed E-state index contributed by atoms with van der Waals surface area (Å²) in [4.78, 5) is 4.65. The summed E-state index contributed by atoms with van der Waals surface area (Å²) in [6.07, 6.45) is -4.35. The Morgan fingerprint density at radius 1 is 1.04 bits per heavy atom. The molecule has 0 aliphatic carbocycles. The molecule has 0 radical (unpaired) electrons. The van der Waals surface area contributed by atoms with E-state index in [0.29, 0.717) is 36.1 Å². The first-order chi connectivity index (χ1) is 12.5. The summed E-state index contributed by atoms with van der Waals surface area (Å²) in [5.74, 6) is 1.00. The van der Waals surface area contributed by atoms with Crippen LogP contribution in [0.25, 0.3) is 22.2 Å². The molecule has 3 aromatic rings. The first kappa shape index (κ1) is 16.8. The van der Waals surface area contributed by atoms with Gasteiger partial charge in [0.15, 0.2) is 0 Å². The molecule has 1 saturated heterocycles. The summed E-state index contributed by atoms with van der Waals surface area (Å²) in [6, 6.07) is 12.7. The molecular weight excluding hydrogens is 343 g/mol. The number of hydrogen-bond acceptors (Lipinski definition) is 3. The van der Waals surface area contributed by atoms with Crippen LogP contribution in [0.1, 0.15) is 17.0 Å². The Morgan fingerprint density at radius 3 is 2.35 bits per heavy atom. The van der Waals surface area contributed by atoms with Crippen LogP contribution in [0.2, 0.25) is 0 Å². The molecule has 6 heteroatoms. The fraction of sp³-hybridized carbons (Fsp3) is 0.250. The number of aromatic nitrogens is 1. The van der Waals surface area contributed by atoms with Crippen LogP contribution in [0.5, 0.6) is 5.75 Å². The van der Waals surface area contributed by atoms with Gasteiger partial charge in [0.05, 0.1) is 37.1 Å². The Morgan fingerprint density at radius 2 is 1.77 bits per heavy atom. The van der Waals surface area contributed by atoms with Crippen molar-refractivity contribution in [3.05, 3.63) is 59.7 Å². The molecule has 0 bridgehead atoms. The van der Waals surface area contributed by atoms with Crippen LogP contribution in [0, 0.1) is 0 Å². The van der Waals surface area contributed by atoms with E-state index < -0.39 is 11.7 Å². The van der Waals surface area contributed by atoms with Crippen molar-refractivity contribution >= 4 is 10.9 Å². The van der Waals surface area contributed by atoms with Gasteiger partial charge in [-0.3, -0.25) is 0 Å². The number of fused-ring (bicyclic) bond motifs is 1. The molecule has 0 spiro atoms. The second kappa shape index (κ2) is 6.29. The molecule has 1 aliphatic rings. The highest BCUT2D eigenvalue weighted by Crippen LogP contribution is 2.35. The van der Waals surface area contributed by atoms with Gasteiger partial charge in [0.2, 0.25) is 0 Å². The van der Waals surface area contributed by atoms with E-state index in [4.69, 9.17) is 9.47 Å². The number of rotatable bonds is 3. The van der Waals surface area contributed by atoms with Crippen molar-refractivity contribution in [3.8, 4) is 17.0 Å². The van der Waals surface area contributed by atoms with E-state index in [1.807, 2.05) is 18.2 Å². The smallest absolute Gasteiger partial charge is 0.416 e. The molecule has 134 valence electrons. The summed E-state index contributed by atoms with van der Waals surface area (Å²) in [6.45, 7) is 1.39. The predicted octanol–water partition coefficient (Wildman–Crippen LogP) is 5.04. The van der Waals surface area contributed by atoms with Crippen LogP contribution in [-0.4, -0.2) is 25.3 Å². The predicted molar refractivity (Wildman–Crippen MR) is 92.3 cm³/mol. The quantitative estimate of drug-likeness (QED) is 0.656. The largest absolute Gasteiger partial charge is 0.496 e. The topological polar surface area (TPSA) is 31.4 Å². The maximum Gasteiger partial charge on any atom is 0.416 e. The van der Waals surface area contributed by atoms with Gasteiger partial charge in [0.25, 0.3) is 0 Å². The first-order valence-electron chi connectivity index (χ1n) is 8.20. The summed E-state index contributed by atoms with van der Waals surface area (Å²) >= 11 is 0. The van der Waals surface area contributed by atoms with Crippen molar-refractivity contribution in [2.75, 3.05) is 20.3 Å². The lowest BCUT2D eigenvalue weighted by molar-refractivity contribution is -0.137. The van der Waals surface area contributed by atoms with Crippen LogP contribution in [0.3, 0.4) is 0 Å². The lowest BCUT2D eigenvalue weighted by Gasteiger charge is -2.26. The molecule has 4 rings (SSSR count). The van der Waals surface area contributed by atoms with Gasteiger partial charge >= 0.3 is 6.18 Å². The number of hydrogen-bond donors (Lipinski definition) is 0. The van der Waals surface area contributed by atoms with Gasteiger partial charge in [-0.25, -0.2) is 4.98 Å². The number of alkyl halides is 3. The minimum Gasteiger partial charge on any atom is -0.496 e. The number of pyridine rings is 1. The van der Waals surface area contributed by atoms with Crippen molar-refractivity contribution < 1.29 is 22.6 Å². The molecule has 0 unspecified atom stereocenters. The molecule has 0 saturated carbocycles. The Bertz CT molecular complexity index is 948. The number of ether oxygens (including phenoxy) is 2. The van der Waals surface area contributed by atoms with Gasteiger partial charge < -0.3 is 9.47 Å².